The molecule has 0 aromatic carbocycles. The molecule has 0 bridgehead atoms. The summed E-state index contributed by atoms with van der Waals surface area (Å²) in [6.07, 6.45) is 15.0. The van der Waals surface area contributed by atoms with Gasteiger partial charge >= 0.3 is 0 Å². The molecule has 6 heteroatoms. The quantitative estimate of drug-likeness (QED) is 0.203. The lowest BCUT2D eigenvalue weighted by atomic mass is 9.72. The zero-order valence-corrected chi connectivity index (χ0v) is 45.2. The third-order valence-corrected chi connectivity index (χ3v) is 16.1. The molecule has 1 saturated carbocycles. The van der Waals surface area contributed by atoms with E-state index in [-0.39, 0.29) is 7.43 Å². The lowest BCUT2D eigenvalue weighted by Gasteiger charge is -2.38. The number of nitrogens with zero attached hydrogens (tertiary/aromatic N) is 1. The summed E-state index contributed by atoms with van der Waals surface area (Å²) in [6.45, 7) is 49.8. The molecule has 3 N–H and O–H groups in total. The monoisotopic (exact) mass is 881 g/mol. The molecular weight excluding hydrogens is 765 g/mol. The van der Waals surface area contributed by atoms with Crippen LogP contribution in [0.4, 0.5) is 0 Å². The van der Waals surface area contributed by atoms with Gasteiger partial charge in [0.2, 0.25) is 0 Å². The molecule has 4 saturated heterocycles. The Morgan fingerprint density at radius 2 is 0.820 bits per heavy atom. The highest BCUT2D eigenvalue weighted by Gasteiger charge is 2.29. The molecule has 1 aliphatic carbocycles. The lowest BCUT2D eigenvalue weighted by molar-refractivity contribution is -0.0892. The normalized spacial score (nSPS) is 30.1. The van der Waals surface area contributed by atoms with Gasteiger partial charge in [-0.3, -0.25) is 4.90 Å². The summed E-state index contributed by atoms with van der Waals surface area (Å²) in [6, 6.07) is 4.40. The first-order chi connectivity index (χ1) is 28.0. The Labute approximate surface area is 390 Å². The van der Waals surface area contributed by atoms with E-state index in [4.69, 9.17) is 4.74 Å². The third kappa shape index (κ3) is 25.0. The SMILES string of the molecule is C.CC(C)C1CCCC(C(C)C)C1.CC(C)C1CCCC(C(C)C)N1.CC(C)C1CCCC(C(C)C)O1.CC(C)C1CN(C(C)C)CCN1.CC(C)C1CSCC(C(C)C)N1. The lowest BCUT2D eigenvalue weighted by Crippen LogP contribution is -2.54. The number of hydrogen-bond donors (Lipinski definition) is 3. The summed E-state index contributed by atoms with van der Waals surface area (Å²) in [5, 5.41) is 11.0. The Morgan fingerprint density at radius 1 is 0.443 bits per heavy atom. The van der Waals surface area contributed by atoms with E-state index >= 15 is 0 Å². The maximum Gasteiger partial charge on any atom is 0.0601 e. The fourth-order valence-electron chi connectivity index (χ4n) is 9.57. The van der Waals surface area contributed by atoms with Crippen molar-refractivity contribution in [3.05, 3.63) is 0 Å². The van der Waals surface area contributed by atoms with Gasteiger partial charge in [-0.2, -0.15) is 11.8 Å². The number of piperidine rings is 1. The van der Waals surface area contributed by atoms with Crippen molar-refractivity contribution in [1.82, 2.24) is 20.9 Å². The maximum atomic E-state index is 6.01. The summed E-state index contributed by atoms with van der Waals surface area (Å²) in [5.41, 5.74) is 0. The van der Waals surface area contributed by atoms with Gasteiger partial charge in [-0.15, -0.1) is 0 Å². The highest BCUT2D eigenvalue weighted by molar-refractivity contribution is 7.99. The van der Waals surface area contributed by atoms with Crippen molar-refractivity contribution in [3.63, 3.8) is 0 Å². The van der Waals surface area contributed by atoms with Crippen molar-refractivity contribution in [2.24, 2.45) is 65.1 Å². The zero-order valence-electron chi connectivity index (χ0n) is 44.3. The number of hydrogen-bond acceptors (Lipinski definition) is 6. The summed E-state index contributed by atoms with van der Waals surface area (Å²) in [5.74, 6) is 11.7. The van der Waals surface area contributed by atoms with Gasteiger partial charge in [-0.25, -0.2) is 0 Å². The van der Waals surface area contributed by atoms with Crippen LogP contribution in [-0.4, -0.2) is 84.5 Å². The van der Waals surface area contributed by atoms with Crippen LogP contribution in [0, 0.1) is 65.1 Å². The predicted octanol–water partition coefficient (Wildman–Crippen LogP) is 14.5. The number of rotatable bonds is 10. The molecule has 61 heavy (non-hydrogen) atoms. The number of piperazine rings is 1. The number of nitrogens with one attached hydrogen (secondary N) is 3. The van der Waals surface area contributed by atoms with Gasteiger partial charge in [0.05, 0.1) is 12.2 Å². The van der Waals surface area contributed by atoms with Crippen LogP contribution in [0.1, 0.15) is 210 Å². The second kappa shape index (κ2) is 32.8. The Bertz CT molecular complexity index is 772. The first kappa shape index (κ1) is 61.1. The molecule has 0 spiro atoms. The molecule has 5 nitrogen and oxygen atoms in total. The van der Waals surface area contributed by atoms with Crippen LogP contribution in [-0.2, 0) is 4.74 Å². The number of thioether (sulfide) groups is 1. The molecule has 4 aliphatic heterocycles. The van der Waals surface area contributed by atoms with E-state index in [0.29, 0.717) is 36.1 Å². The van der Waals surface area contributed by atoms with Crippen molar-refractivity contribution in [2.75, 3.05) is 31.1 Å². The van der Waals surface area contributed by atoms with E-state index in [1.165, 1.54) is 88.8 Å². The average Bonchev–Trinajstić information content (AvgIpc) is 3.21. The minimum Gasteiger partial charge on any atom is -0.374 e. The molecule has 4 heterocycles. The van der Waals surface area contributed by atoms with E-state index in [9.17, 15) is 0 Å². The molecule has 9 atom stereocenters. The van der Waals surface area contributed by atoms with E-state index in [0.717, 1.165) is 84.0 Å². The predicted molar refractivity (Wildman–Crippen MR) is 279 cm³/mol. The van der Waals surface area contributed by atoms with Gasteiger partial charge in [0, 0.05) is 67.4 Å². The summed E-state index contributed by atoms with van der Waals surface area (Å²) >= 11 is 2.11. The minimum absolute atomic E-state index is 0. The first-order valence-corrected chi connectivity index (χ1v) is 27.4. The van der Waals surface area contributed by atoms with E-state index in [1.807, 2.05) is 0 Å². The van der Waals surface area contributed by atoms with E-state index in [1.54, 1.807) is 0 Å². The molecule has 368 valence electrons. The molecule has 0 radical (unpaired) electrons. The van der Waals surface area contributed by atoms with Crippen LogP contribution in [0.2, 0.25) is 0 Å². The zero-order chi connectivity index (χ0) is 45.7. The Kier molecular flexibility index (Phi) is 32.8. The van der Waals surface area contributed by atoms with Crippen LogP contribution in [0.5, 0.6) is 0 Å². The van der Waals surface area contributed by atoms with Crippen LogP contribution in [0.15, 0.2) is 0 Å². The van der Waals surface area contributed by atoms with Crippen LogP contribution in [0.25, 0.3) is 0 Å². The van der Waals surface area contributed by atoms with Crippen molar-refractivity contribution >= 4 is 11.8 Å². The van der Waals surface area contributed by atoms with Gasteiger partial charge in [0.25, 0.3) is 0 Å². The van der Waals surface area contributed by atoms with Gasteiger partial charge in [-0.05, 0) is 117 Å². The molecule has 0 amide bonds. The highest BCUT2D eigenvalue weighted by Crippen LogP contribution is 2.37. The van der Waals surface area contributed by atoms with Crippen LogP contribution >= 0.6 is 11.8 Å². The topological polar surface area (TPSA) is 48.6 Å². The first-order valence-electron chi connectivity index (χ1n) is 26.3. The minimum atomic E-state index is 0. The van der Waals surface area contributed by atoms with Gasteiger partial charge in [0.1, 0.15) is 0 Å². The fraction of sp³-hybridized carbons (Fsp3) is 1.00. The maximum absolute atomic E-state index is 6.01. The van der Waals surface area contributed by atoms with Crippen molar-refractivity contribution in [3.8, 4) is 0 Å². The smallest absolute Gasteiger partial charge is 0.0601 e. The third-order valence-electron chi connectivity index (χ3n) is 14.9. The second-order valence-electron chi connectivity index (χ2n) is 23.4. The molecule has 5 rings (SSSR count). The Morgan fingerprint density at radius 3 is 1.18 bits per heavy atom. The molecular formula is C55H116N4OS. The number of ether oxygens (including phenoxy) is 1. The van der Waals surface area contributed by atoms with Gasteiger partial charge in [0.15, 0.2) is 0 Å². The molecule has 0 aromatic rings. The second-order valence-corrected chi connectivity index (χ2v) is 24.5. The van der Waals surface area contributed by atoms with Crippen molar-refractivity contribution in [1.29, 1.82) is 0 Å². The van der Waals surface area contributed by atoms with Crippen molar-refractivity contribution in [2.45, 2.75) is 259 Å². The summed E-state index contributed by atoms with van der Waals surface area (Å²) < 4.78 is 6.01. The molecule has 5 aliphatic rings. The largest absolute Gasteiger partial charge is 0.374 e. The van der Waals surface area contributed by atoms with Gasteiger partial charge in [-0.1, -0.05) is 158 Å². The average molecular weight is 882 g/mol. The highest BCUT2D eigenvalue weighted by atomic mass is 32.2. The molecule has 0 aromatic heterocycles. The Balaban J connectivity index is 0.000000735. The molecule has 9 unspecified atom stereocenters. The standard InChI is InChI=1S/C12H24.C11H23N.C11H22O.C10H22N2.C10H21NS.CH4/c1-9(2)11-6-5-7-12(8-11)10(3)4;2*1-8(2)10-6-5-7-11(12-10)9(3)4;1-8(2)10-7-12(9(3)4)6-5-11-10;1-7(2)9-5-12-6-10(11-9)8(3)4;/h9-12H,5-8H2,1-4H3;8-12H,5-7H2,1-4H3;2*8-11H,5-7H2,1-4H3;7-11H,5-6H2,1-4H3;1H4. The van der Waals surface area contributed by atoms with E-state index in [2.05, 4.69) is 171 Å². The van der Waals surface area contributed by atoms with Gasteiger partial charge < -0.3 is 20.7 Å². The Hall–Kier alpha value is 0.150. The van der Waals surface area contributed by atoms with Crippen LogP contribution in [0.3, 0.4) is 0 Å². The summed E-state index contributed by atoms with van der Waals surface area (Å²) in [7, 11) is 0. The van der Waals surface area contributed by atoms with E-state index < -0.39 is 0 Å². The summed E-state index contributed by atoms with van der Waals surface area (Å²) in [4.78, 5) is 2.56. The molecule has 5 fully saturated rings. The van der Waals surface area contributed by atoms with Crippen LogP contribution < -0.4 is 16.0 Å². The fourth-order valence-corrected chi connectivity index (χ4v) is 11.2. The van der Waals surface area contributed by atoms with Crippen molar-refractivity contribution < 1.29 is 4.74 Å².